The van der Waals surface area contributed by atoms with Gasteiger partial charge in [0.15, 0.2) is 0 Å². The number of nitrogens with zero attached hydrogens (tertiary/aromatic N) is 2. The molecule has 0 bridgehead atoms. The maximum absolute atomic E-state index is 12.4. The normalized spacial score (nSPS) is 11.4. The average Bonchev–Trinajstić information content (AvgIpc) is 3.09. The van der Waals surface area contributed by atoms with Crippen molar-refractivity contribution >= 4 is 15.7 Å². The Labute approximate surface area is 142 Å². The van der Waals surface area contributed by atoms with Gasteiger partial charge >= 0.3 is 0 Å². The number of hydrogen-bond acceptors (Lipinski definition) is 3. The van der Waals surface area contributed by atoms with Crippen molar-refractivity contribution in [2.45, 2.75) is 24.8 Å². The lowest BCUT2D eigenvalue weighted by atomic mass is 10.2. The number of aryl methyl sites for hydroxylation is 1. The molecule has 5 nitrogen and oxygen atoms in total. The van der Waals surface area contributed by atoms with Gasteiger partial charge in [-0.15, -0.1) is 0 Å². The van der Waals surface area contributed by atoms with Crippen LogP contribution in [-0.2, 0) is 23.0 Å². The summed E-state index contributed by atoms with van der Waals surface area (Å²) in [5, 5.41) is 4.15. The Morgan fingerprint density at radius 2 is 1.67 bits per heavy atom. The predicted molar refractivity (Wildman–Crippen MR) is 94.4 cm³/mol. The van der Waals surface area contributed by atoms with Crippen LogP contribution < -0.4 is 4.72 Å². The van der Waals surface area contributed by atoms with Crippen molar-refractivity contribution in [2.75, 3.05) is 4.72 Å². The van der Waals surface area contributed by atoms with Gasteiger partial charge in [0.2, 0.25) is 0 Å². The van der Waals surface area contributed by atoms with E-state index in [1.54, 1.807) is 30.5 Å². The minimum Gasteiger partial charge on any atom is -0.280 e. The topological polar surface area (TPSA) is 64.0 Å². The maximum atomic E-state index is 12.4. The van der Waals surface area contributed by atoms with E-state index >= 15 is 0 Å². The van der Waals surface area contributed by atoms with Crippen LogP contribution in [0.3, 0.4) is 0 Å². The van der Waals surface area contributed by atoms with Gasteiger partial charge in [0.05, 0.1) is 11.4 Å². The first-order valence-electron chi connectivity index (χ1n) is 7.75. The quantitative estimate of drug-likeness (QED) is 0.748. The second-order valence-electron chi connectivity index (χ2n) is 5.50. The minimum atomic E-state index is -3.57. The second-order valence-corrected chi connectivity index (χ2v) is 7.19. The minimum absolute atomic E-state index is 0.264. The molecular formula is C18H19N3O2S. The largest absolute Gasteiger partial charge is 0.280 e. The summed E-state index contributed by atoms with van der Waals surface area (Å²) in [5.74, 6) is 0. The Morgan fingerprint density at radius 3 is 2.25 bits per heavy atom. The summed E-state index contributed by atoms with van der Waals surface area (Å²) >= 11 is 0. The third-order valence-corrected chi connectivity index (χ3v) is 5.15. The molecule has 0 fully saturated rings. The SMILES string of the molecule is CCc1ccc(S(=O)(=O)Nc2ccc(Cn3cccn3)cc2)cc1. The van der Waals surface area contributed by atoms with Crippen LogP contribution in [0.2, 0.25) is 0 Å². The molecule has 24 heavy (non-hydrogen) atoms. The van der Waals surface area contributed by atoms with Gasteiger partial charge in [0, 0.05) is 18.1 Å². The van der Waals surface area contributed by atoms with Crippen molar-refractivity contribution in [3.63, 3.8) is 0 Å². The van der Waals surface area contributed by atoms with E-state index in [1.165, 1.54) is 0 Å². The first-order chi connectivity index (χ1) is 11.6. The van der Waals surface area contributed by atoms with Crippen molar-refractivity contribution in [1.29, 1.82) is 0 Å². The molecule has 0 saturated heterocycles. The third-order valence-electron chi connectivity index (χ3n) is 3.75. The molecule has 0 unspecified atom stereocenters. The molecule has 124 valence electrons. The zero-order chi connectivity index (χ0) is 17.0. The van der Waals surface area contributed by atoms with Gasteiger partial charge in [-0.05, 0) is 47.9 Å². The fourth-order valence-electron chi connectivity index (χ4n) is 2.38. The van der Waals surface area contributed by atoms with Crippen LogP contribution >= 0.6 is 0 Å². The lowest BCUT2D eigenvalue weighted by Crippen LogP contribution is -2.13. The maximum Gasteiger partial charge on any atom is 0.261 e. The average molecular weight is 341 g/mol. The highest BCUT2D eigenvalue weighted by molar-refractivity contribution is 7.92. The summed E-state index contributed by atoms with van der Waals surface area (Å²) in [5.41, 5.74) is 2.70. The molecule has 0 aliphatic carbocycles. The fraction of sp³-hybridized carbons (Fsp3) is 0.167. The van der Waals surface area contributed by atoms with Gasteiger partial charge in [-0.1, -0.05) is 31.2 Å². The van der Waals surface area contributed by atoms with Crippen LogP contribution in [0.4, 0.5) is 5.69 Å². The molecule has 0 amide bonds. The van der Waals surface area contributed by atoms with E-state index in [1.807, 2.05) is 48.1 Å². The van der Waals surface area contributed by atoms with Crippen LogP contribution in [0.15, 0.2) is 71.9 Å². The smallest absolute Gasteiger partial charge is 0.261 e. The van der Waals surface area contributed by atoms with Crippen molar-refractivity contribution < 1.29 is 8.42 Å². The van der Waals surface area contributed by atoms with Gasteiger partial charge in [-0.2, -0.15) is 5.10 Å². The molecule has 1 aromatic heterocycles. The van der Waals surface area contributed by atoms with Crippen LogP contribution in [0.5, 0.6) is 0 Å². The Hall–Kier alpha value is -2.60. The number of benzene rings is 2. The number of rotatable bonds is 6. The highest BCUT2D eigenvalue weighted by Crippen LogP contribution is 2.17. The van der Waals surface area contributed by atoms with E-state index in [-0.39, 0.29) is 4.90 Å². The molecule has 3 aromatic rings. The summed E-state index contributed by atoms with van der Waals surface area (Å²) in [6.45, 7) is 2.69. The molecule has 0 atom stereocenters. The standard InChI is InChI=1S/C18H19N3O2S/c1-2-15-6-10-18(11-7-15)24(22,23)20-17-8-4-16(5-9-17)14-21-13-3-12-19-21/h3-13,20H,2,14H2,1H3. The molecule has 0 spiro atoms. The summed E-state index contributed by atoms with van der Waals surface area (Å²) in [6, 6.07) is 16.1. The highest BCUT2D eigenvalue weighted by atomic mass is 32.2. The second kappa shape index (κ2) is 6.88. The number of anilines is 1. The molecule has 0 aliphatic rings. The van der Waals surface area contributed by atoms with E-state index in [0.29, 0.717) is 12.2 Å². The van der Waals surface area contributed by atoms with Crippen LogP contribution in [0.25, 0.3) is 0 Å². The van der Waals surface area contributed by atoms with Gasteiger partial charge in [0.25, 0.3) is 10.0 Å². The zero-order valence-electron chi connectivity index (χ0n) is 13.4. The van der Waals surface area contributed by atoms with Crippen molar-refractivity contribution in [3.05, 3.63) is 78.1 Å². The first-order valence-corrected chi connectivity index (χ1v) is 9.23. The Morgan fingerprint density at radius 1 is 1.00 bits per heavy atom. The van der Waals surface area contributed by atoms with Crippen molar-refractivity contribution in [1.82, 2.24) is 9.78 Å². The summed E-state index contributed by atoms with van der Waals surface area (Å²) in [6.07, 6.45) is 4.49. The highest BCUT2D eigenvalue weighted by Gasteiger charge is 2.13. The Bertz CT molecular complexity index is 884. The molecule has 0 saturated carbocycles. The van der Waals surface area contributed by atoms with Gasteiger partial charge in [-0.3, -0.25) is 9.40 Å². The van der Waals surface area contributed by atoms with Crippen molar-refractivity contribution in [2.24, 2.45) is 0 Å². The van der Waals surface area contributed by atoms with E-state index in [9.17, 15) is 8.42 Å². The van der Waals surface area contributed by atoms with Gasteiger partial charge in [-0.25, -0.2) is 8.42 Å². The Kier molecular flexibility index (Phi) is 4.66. The van der Waals surface area contributed by atoms with Crippen LogP contribution in [0, 0.1) is 0 Å². The summed E-state index contributed by atoms with van der Waals surface area (Å²) in [4.78, 5) is 0.264. The fourth-order valence-corrected chi connectivity index (χ4v) is 3.44. The monoisotopic (exact) mass is 341 g/mol. The van der Waals surface area contributed by atoms with Crippen molar-refractivity contribution in [3.8, 4) is 0 Å². The van der Waals surface area contributed by atoms with E-state index in [2.05, 4.69) is 9.82 Å². The molecule has 2 aromatic carbocycles. The van der Waals surface area contributed by atoms with E-state index < -0.39 is 10.0 Å². The molecule has 6 heteroatoms. The van der Waals surface area contributed by atoms with Crippen LogP contribution in [0.1, 0.15) is 18.1 Å². The van der Waals surface area contributed by atoms with E-state index in [0.717, 1.165) is 17.5 Å². The Balaban J connectivity index is 1.72. The van der Waals surface area contributed by atoms with Gasteiger partial charge in [0.1, 0.15) is 0 Å². The molecule has 1 heterocycles. The number of nitrogens with one attached hydrogen (secondary N) is 1. The molecule has 1 N–H and O–H groups in total. The first kappa shape index (κ1) is 16.3. The molecule has 0 aliphatic heterocycles. The molecular weight excluding hydrogens is 322 g/mol. The number of aromatic nitrogens is 2. The third kappa shape index (κ3) is 3.83. The lowest BCUT2D eigenvalue weighted by Gasteiger charge is -2.09. The number of hydrogen-bond donors (Lipinski definition) is 1. The summed E-state index contributed by atoms with van der Waals surface area (Å²) < 4.78 is 29.3. The number of sulfonamides is 1. The molecule has 0 radical (unpaired) electrons. The van der Waals surface area contributed by atoms with Crippen LogP contribution in [-0.4, -0.2) is 18.2 Å². The van der Waals surface area contributed by atoms with Gasteiger partial charge < -0.3 is 0 Å². The zero-order valence-corrected chi connectivity index (χ0v) is 14.2. The predicted octanol–water partition coefficient (Wildman–Crippen LogP) is 3.29. The molecule has 3 rings (SSSR count). The summed E-state index contributed by atoms with van der Waals surface area (Å²) in [7, 11) is -3.57. The lowest BCUT2D eigenvalue weighted by molar-refractivity contribution is 0.601. The van der Waals surface area contributed by atoms with E-state index in [4.69, 9.17) is 0 Å².